The van der Waals surface area contributed by atoms with Gasteiger partial charge in [-0.05, 0) is 47.7 Å². The molecular formula is C27H24N2O. The van der Waals surface area contributed by atoms with Gasteiger partial charge in [-0.25, -0.2) is 4.98 Å². The van der Waals surface area contributed by atoms with Crippen molar-refractivity contribution in [2.24, 2.45) is 0 Å². The standard InChI is InChI=1S/C27H24N2O/c1-17-12-14-21-20-9-7-10-22(25(20)30-26(21)29-17)24-15-13-18(16-28-24)19-8-5-6-11-23(19)27(2,3)4/h5-16H,1-4H3. The summed E-state index contributed by atoms with van der Waals surface area (Å²) in [7, 11) is 0. The first-order valence-electron chi connectivity index (χ1n) is 10.3. The van der Waals surface area contributed by atoms with Crippen molar-refractivity contribution in [1.82, 2.24) is 9.97 Å². The molecule has 3 nitrogen and oxygen atoms in total. The summed E-state index contributed by atoms with van der Waals surface area (Å²) >= 11 is 0. The number of aromatic nitrogens is 2. The van der Waals surface area contributed by atoms with E-state index in [1.165, 1.54) is 11.1 Å². The Morgan fingerprint density at radius 3 is 2.33 bits per heavy atom. The molecule has 0 bridgehead atoms. The molecule has 0 unspecified atom stereocenters. The highest BCUT2D eigenvalue weighted by atomic mass is 16.3. The van der Waals surface area contributed by atoms with Crippen LogP contribution < -0.4 is 0 Å². The molecule has 5 rings (SSSR count). The third-order valence-corrected chi connectivity index (χ3v) is 5.59. The van der Waals surface area contributed by atoms with E-state index in [0.717, 1.165) is 38.9 Å². The summed E-state index contributed by atoms with van der Waals surface area (Å²) in [5.74, 6) is 0. The lowest BCUT2D eigenvalue weighted by Gasteiger charge is -2.23. The number of aryl methyl sites for hydroxylation is 1. The molecule has 3 heteroatoms. The van der Waals surface area contributed by atoms with Crippen LogP contribution in [-0.4, -0.2) is 9.97 Å². The lowest BCUT2D eigenvalue weighted by Crippen LogP contribution is -2.12. The Balaban J connectivity index is 1.62. The molecule has 0 spiro atoms. The second kappa shape index (κ2) is 6.81. The van der Waals surface area contributed by atoms with Crippen LogP contribution in [0.1, 0.15) is 32.0 Å². The Hall–Kier alpha value is -3.46. The van der Waals surface area contributed by atoms with Crippen LogP contribution in [-0.2, 0) is 5.41 Å². The Bertz CT molecular complexity index is 1370. The van der Waals surface area contributed by atoms with E-state index < -0.39 is 0 Å². The molecule has 3 heterocycles. The predicted molar refractivity (Wildman–Crippen MR) is 124 cm³/mol. The van der Waals surface area contributed by atoms with Gasteiger partial charge < -0.3 is 4.42 Å². The van der Waals surface area contributed by atoms with Gasteiger partial charge in [0.1, 0.15) is 5.58 Å². The number of para-hydroxylation sites is 1. The van der Waals surface area contributed by atoms with E-state index in [4.69, 9.17) is 9.40 Å². The SMILES string of the molecule is Cc1ccc2c(n1)oc1c(-c3ccc(-c4ccccc4C(C)(C)C)cn3)cccc12. The summed E-state index contributed by atoms with van der Waals surface area (Å²) in [4.78, 5) is 9.35. The van der Waals surface area contributed by atoms with Gasteiger partial charge in [0.25, 0.3) is 0 Å². The van der Waals surface area contributed by atoms with Gasteiger partial charge in [0.2, 0.25) is 5.71 Å². The molecule has 30 heavy (non-hydrogen) atoms. The quantitative estimate of drug-likeness (QED) is 0.316. The van der Waals surface area contributed by atoms with Crippen LogP contribution in [0.2, 0.25) is 0 Å². The van der Waals surface area contributed by atoms with E-state index in [1.54, 1.807) is 0 Å². The largest absolute Gasteiger partial charge is 0.437 e. The maximum atomic E-state index is 6.15. The molecule has 0 amide bonds. The number of fused-ring (bicyclic) bond motifs is 3. The number of furan rings is 1. The summed E-state index contributed by atoms with van der Waals surface area (Å²) < 4.78 is 6.15. The fourth-order valence-corrected chi connectivity index (χ4v) is 4.07. The monoisotopic (exact) mass is 392 g/mol. The summed E-state index contributed by atoms with van der Waals surface area (Å²) in [5.41, 5.74) is 8.08. The molecule has 148 valence electrons. The number of benzene rings is 2. The predicted octanol–water partition coefficient (Wildman–Crippen LogP) is 7.32. The molecule has 3 aromatic heterocycles. The Kier molecular flexibility index (Phi) is 4.21. The van der Waals surface area contributed by atoms with Crippen LogP contribution >= 0.6 is 0 Å². The van der Waals surface area contributed by atoms with E-state index in [1.807, 2.05) is 19.2 Å². The zero-order chi connectivity index (χ0) is 20.9. The maximum Gasteiger partial charge on any atom is 0.227 e. The Morgan fingerprint density at radius 2 is 1.57 bits per heavy atom. The molecule has 0 N–H and O–H groups in total. The van der Waals surface area contributed by atoms with E-state index >= 15 is 0 Å². The van der Waals surface area contributed by atoms with Gasteiger partial charge in [-0.1, -0.05) is 63.2 Å². The minimum absolute atomic E-state index is 0.0697. The molecule has 0 atom stereocenters. The minimum atomic E-state index is 0.0697. The molecule has 2 aromatic carbocycles. The Labute approximate surface area is 176 Å². The van der Waals surface area contributed by atoms with Gasteiger partial charge in [-0.3, -0.25) is 4.98 Å². The van der Waals surface area contributed by atoms with Crippen LogP contribution in [0.3, 0.4) is 0 Å². The average molecular weight is 393 g/mol. The van der Waals surface area contributed by atoms with E-state index in [0.29, 0.717) is 5.71 Å². The highest BCUT2D eigenvalue weighted by molar-refractivity contribution is 6.08. The number of hydrogen-bond acceptors (Lipinski definition) is 3. The topological polar surface area (TPSA) is 38.9 Å². The van der Waals surface area contributed by atoms with Crippen molar-refractivity contribution < 1.29 is 4.42 Å². The number of rotatable bonds is 2. The Morgan fingerprint density at radius 1 is 0.767 bits per heavy atom. The molecular weight excluding hydrogens is 368 g/mol. The smallest absolute Gasteiger partial charge is 0.227 e. The third-order valence-electron chi connectivity index (χ3n) is 5.59. The third kappa shape index (κ3) is 3.07. The highest BCUT2D eigenvalue weighted by Gasteiger charge is 2.19. The van der Waals surface area contributed by atoms with Gasteiger partial charge in [0.05, 0.1) is 5.69 Å². The van der Waals surface area contributed by atoms with Gasteiger partial charge in [0.15, 0.2) is 0 Å². The van der Waals surface area contributed by atoms with Gasteiger partial charge in [-0.2, -0.15) is 0 Å². The molecule has 0 aliphatic carbocycles. The molecule has 0 saturated carbocycles. The summed E-state index contributed by atoms with van der Waals surface area (Å²) in [5, 5.41) is 2.10. The van der Waals surface area contributed by atoms with Crippen molar-refractivity contribution in [3.05, 3.63) is 84.2 Å². The van der Waals surface area contributed by atoms with Crippen molar-refractivity contribution in [3.8, 4) is 22.4 Å². The van der Waals surface area contributed by atoms with Crippen molar-refractivity contribution >= 4 is 22.1 Å². The maximum absolute atomic E-state index is 6.15. The second-order valence-electron chi connectivity index (χ2n) is 8.82. The van der Waals surface area contributed by atoms with Crippen molar-refractivity contribution in [2.75, 3.05) is 0 Å². The first-order valence-corrected chi connectivity index (χ1v) is 10.3. The molecule has 0 fully saturated rings. The fraction of sp³-hybridized carbons (Fsp3) is 0.185. The number of hydrogen-bond donors (Lipinski definition) is 0. The molecule has 0 saturated heterocycles. The van der Waals surface area contributed by atoms with Crippen LogP contribution in [0.5, 0.6) is 0 Å². The van der Waals surface area contributed by atoms with Crippen LogP contribution in [0, 0.1) is 6.92 Å². The summed E-state index contributed by atoms with van der Waals surface area (Å²) in [6.07, 6.45) is 1.96. The normalized spacial score (nSPS) is 12.0. The fourth-order valence-electron chi connectivity index (χ4n) is 4.07. The highest BCUT2D eigenvalue weighted by Crippen LogP contribution is 2.36. The number of pyridine rings is 2. The first-order chi connectivity index (χ1) is 14.4. The van der Waals surface area contributed by atoms with Crippen LogP contribution in [0.4, 0.5) is 0 Å². The lowest BCUT2D eigenvalue weighted by molar-refractivity contribution is 0.592. The number of nitrogens with zero attached hydrogens (tertiary/aromatic N) is 2. The summed E-state index contributed by atoms with van der Waals surface area (Å²) in [6, 6.07) is 23.1. The molecule has 0 aliphatic heterocycles. The van der Waals surface area contributed by atoms with E-state index in [2.05, 4.69) is 86.4 Å². The molecule has 0 aliphatic rings. The van der Waals surface area contributed by atoms with Crippen molar-refractivity contribution in [1.29, 1.82) is 0 Å². The summed E-state index contributed by atoms with van der Waals surface area (Å²) in [6.45, 7) is 8.70. The van der Waals surface area contributed by atoms with E-state index in [9.17, 15) is 0 Å². The van der Waals surface area contributed by atoms with Crippen molar-refractivity contribution in [3.63, 3.8) is 0 Å². The lowest BCUT2D eigenvalue weighted by atomic mass is 9.82. The molecule has 0 radical (unpaired) electrons. The van der Waals surface area contributed by atoms with Crippen LogP contribution in [0.15, 0.2) is 77.3 Å². The van der Waals surface area contributed by atoms with Gasteiger partial charge >= 0.3 is 0 Å². The van der Waals surface area contributed by atoms with Crippen LogP contribution in [0.25, 0.3) is 44.5 Å². The van der Waals surface area contributed by atoms with Gasteiger partial charge in [-0.15, -0.1) is 0 Å². The zero-order valence-electron chi connectivity index (χ0n) is 17.7. The zero-order valence-corrected chi connectivity index (χ0v) is 17.7. The molecule has 5 aromatic rings. The van der Waals surface area contributed by atoms with Gasteiger partial charge in [0, 0.05) is 33.8 Å². The average Bonchev–Trinajstić information content (AvgIpc) is 3.11. The van der Waals surface area contributed by atoms with E-state index in [-0.39, 0.29) is 5.41 Å². The van der Waals surface area contributed by atoms with Crippen molar-refractivity contribution in [2.45, 2.75) is 33.1 Å². The first kappa shape index (κ1) is 18.6. The second-order valence-corrected chi connectivity index (χ2v) is 8.82. The minimum Gasteiger partial charge on any atom is -0.437 e.